The van der Waals surface area contributed by atoms with E-state index in [1.165, 1.54) is 108 Å². The van der Waals surface area contributed by atoms with Gasteiger partial charge >= 0.3 is 0 Å². The second kappa shape index (κ2) is 10.9. The molecule has 53 heavy (non-hydrogen) atoms. The molecule has 0 N–H and O–H groups in total. The summed E-state index contributed by atoms with van der Waals surface area (Å²) in [4.78, 5) is 0. The van der Waals surface area contributed by atoms with Gasteiger partial charge < -0.3 is 9.13 Å². The molecular formula is C50H30N2S. The Morgan fingerprint density at radius 2 is 0.887 bits per heavy atom. The molecule has 9 aromatic carbocycles. The molecule has 12 rings (SSSR count). The number of benzene rings is 9. The molecule has 0 aliphatic heterocycles. The minimum absolute atomic E-state index is 1.20. The van der Waals surface area contributed by atoms with Crippen molar-refractivity contribution in [3.8, 4) is 22.5 Å². The van der Waals surface area contributed by atoms with Crippen LogP contribution in [0, 0.1) is 0 Å². The number of aromatic nitrogens is 2. The SMILES string of the molecule is c1ccc2c(-n3c4ccc(-c5ccc6c(c5)c5ccccc5n6-c5cccc6sc7ccccc7c56)cc4c4ccc5ccccc5c43)cccc2c1. The lowest BCUT2D eigenvalue weighted by molar-refractivity contribution is 1.20. The largest absolute Gasteiger partial charge is 0.309 e. The van der Waals surface area contributed by atoms with Crippen LogP contribution in [0.5, 0.6) is 0 Å². The maximum Gasteiger partial charge on any atom is 0.0619 e. The van der Waals surface area contributed by atoms with Crippen LogP contribution in [0.3, 0.4) is 0 Å². The van der Waals surface area contributed by atoms with E-state index in [0.29, 0.717) is 0 Å². The zero-order chi connectivity index (χ0) is 34.6. The van der Waals surface area contributed by atoms with Crippen molar-refractivity contribution in [1.29, 1.82) is 0 Å². The van der Waals surface area contributed by atoms with Gasteiger partial charge in [-0.05, 0) is 76.5 Å². The van der Waals surface area contributed by atoms with Crippen molar-refractivity contribution in [2.24, 2.45) is 0 Å². The Bertz CT molecular complexity index is 3460. The molecule has 246 valence electrons. The first-order chi connectivity index (χ1) is 26.3. The van der Waals surface area contributed by atoms with Crippen molar-refractivity contribution in [3.05, 3.63) is 182 Å². The number of rotatable bonds is 3. The first-order valence-corrected chi connectivity index (χ1v) is 19.0. The number of para-hydroxylation sites is 1. The lowest BCUT2D eigenvalue weighted by atomic mass is 10.00. The van der Waals surface area contributed by atoms with Crippen LogP contribution in [0.2, 0.25) is 0 Å². The number of hydrogen-bond donors (Lipinski definition) is 0. The molecule has 3 heteroatoms. The third-order valence-electron chi connectivity index (χ3n) is 11.3. The summed E-state index contributed by atoms with van der Waals surface area (Å²) in [5, 5.41) is 12.7. The van der Waals surface area contributed by atoms with Gasteiger partial charge in [0.1, 0.15) is 0 Å². The third kappa shape index (κ3) is 4.08. The van der Waals surface area contributed by atoms with Crippen LogP contribution in [-0.2, 0) is 0 Å². The average molecular weight is 691 g/mol. The molecular weight excluding hydrogens is 661 g/mol. The summed E-state index contributed by atoms with van der Waals surface area (Å²) in [6, 6.07) is 67.2. The van der Waals surface area contributed by atoms with Gasteiger partial charge in [-0.15, -0.1) is 11.3 Å². The molecule has 0 amide bonds. The quantitative estimate of drug-likeness (QED) is 0.175. The van der Waals surface area contributed by atoms with Gasteiger partial charge in [0.15, 0.2) is 0 Å². The third-order valence-corrected chi connectivity index (χ3v) is 12.4. The maximum absolute atomic E-state index is 2.49. The Balaban J connectivity index is 1.11. The van der Waals surface area contributed by atoms with Gasteiger partial charge in [0.2, 0.25) is 0 Å². The van der Waals surface area contributed by atoms with Gasteiger partial charge in [0, 0.05) is 52.5 Å². The smallest absolute Gasteiger partial charge is 0.0619 e. The molecule has 0 unspecified atom stereocenters. The number of fused-ring (bicyclic) bond motifs is 12. The molecule has 3 aromatic heterocycles. The molecule has 0 fully saturated rings. The first kappa shape index (κ1) is 29.0. The molecule has 3 heterocycles. The monoisotopic (exact) mass is 690 g/mol. The predicted molar refractivity (Wildman–Crippen MR) is 228 cm³/mol. The fourth-order valence-corrected chi connectivity index (χ4v) is 10.1. The van der Waals surface area contributed by atoms with Crippen molar-refractivity contribution in [1.82, 2.24) is 9.13 Å². The Labute approximate surface area is 309 Å². The topological polar surface area (TPSA) is 9.86 Å². The van der Waals surface area contributed by atoms with E-state index >= 15 is 0 Å². The molecule has 0 spiro atoms. The highest BCUT2D eigenvalue weighted by atomic mass is 32.1. The number of nitrogens with zero attached hydrogens (tertiary/aromatic N) is 2. The highest BCUT2D eigenvalue weighted by molar-refractivity contribution is 7.25. The fourth-order valence-electron chi connectivity index (χ4n) is 8.97. The highest BCUT2D eigenvalue weighted by Crippen LogP contribution is 2.43. The Hall–Kier alpha value is -6.68. The standard InChI is InChI=1S/C50H30N2S/c1-3-14-35-31(11-1)13-9-19-42(35)52-45-28-25-34(30-41(45)38-26-23-32-12-2-4-15-36(32)50(38)52)33-24-27-44-40(29-33)37-16-5-7-18-43(37)51(44)46-20-10-22-48-49(46)39-17-6-8-21-47(39)53-48/h1-30H. The van der Waals surface area contributed by atoms with Gasteiger partial charge in [0.25, 0.3) is 0 Å². The fraction of sp³-hybridized carbons (Fsp3) is 0. The second-order valence-electron chi connectivity index (χ2n) is 14.1. The lowest BCUT2D eigenvalue weighted by Crippen LogP contribution is -1.96. The summed E-state index contributed by atoms with van der Waals surface area (Å²) in [7, 11) is 0. The van der Waals surface area contributed by atoms with E-state index in [4.69, 9.17) is 0 Å². The summed E-state index contributed by atoms with van der Waals surface area (Å²) in [6.45, 7) is 0. The van der Waals surface area contributed by atoms with Crippen molar-refractivity contribution < 1.29 is 0 Å². The van der Waals surface area contributed by atoms with E-state index in [9.17, 15) is 0 Å². The number of hydrogen-bond acceptors (Lipinski definition) is 1. The van der Waals surface area contributed by atoms with E-state index in [2.05, 4.69) is 191 Å². The maximum atomic E-state index is 2.49. The summed E-state index contributed by atoms with van der Waals surface area (Å²) < 4.78 is 7.60. The van der Waals surface area contributed by atoms with Crippen LogP contribution in [-0.4, -0.2) is 9.13 Å². The van der Waals surface area contributed by atoms with Gasteiger partial charge in [-0.3, -0.25) is 0 Å². The van der Waals surface area contributed by atoms with Crippen LogP contribution in [0.4, 0.5) is 0 Å². The predicted octanol–water partition coefficient (Wildman–Crippen LogP) is 14.2. The Morgan fingerprint density at radius 3 is 1.72 bits per heavy atom. The second-order valence-corrected chi connectivity index (χ2v) is 15.2. The highest BCUT2D eigenvalue weighted by Gasteiger charge is 2.20. The zero-order valence-electron chi connectivity index (χ0n) is 28.6. The van der Waals surface area contributed by atoms with Crippen LogP contribution in [0.15, 0.2) is 182 Å². The molecule has 2 nitrogen and oxygen atoms in total. The summed E-state index contributed by atoms with van der Waals surface area (Å²) in [5.41, 5.74) is 9.77. The summed E-state index contributed by atoms with van der Waals surface area (Å²) >= 11 is 1.87. The van der Waals surface area contributed by atoms with Crippen LogP contribution in [0.25, 0.3) is 108 Å². The summed E-state index contributed by atoms with van der Waals surface area (Å²) in [5.74, 6) is 0. The van der Waals surface area contributed by atoms with Gasteiger partial charge in [-0.25, -0.2) is 0 Å². The molecule has 0 saturated carbocycles. The molecule has 0 saturated heterocycles. The van der Waals surface area contributed by atoms with E-state index in [-0.39, 0.29) is 0 Å². The minimum atomic E-state index is 1.20. The van der Waals surface area contributed by atoms with Gasteiger partial charge in [-0.1, -0.05) is 127 Å². The normalized spacial score (nSPS) is 12.2. The molecule has 0 aliphatic rings. The van der Waals surface area contributed by atoms with Crippen LogP contribution >= 0.6 is 11.3 Å². The van der Waals surface area contributed by atoms with Crippen molar-refractivity contribution in [3.63, 3.8) is 0 Å². The Morgan fingerprint density at radius 1 is 0.321 bits per heavy atom. The van der Waals surface area contributed by atoms with Crippen molar-refractivity contribution in [2.45, 2.75) is 0 Å². The average Bonchev–Trinajstić information content (AvgIpc) is 3.88. The summed E-state index contributed by atoms with van der Waals surface area (Å²) in [6.07, 6.45) is 0. The van der Waals surface area contributed by atoms with E-state index in [0.717, 1.165) is 0 Å². The van der Waals surface area contributed by atoms with Crippen LogP contribution < -0.4 is 0 Å². The van der Waals surface area contributed by atoms with Gasteiger partial charge in [0.05, 0.1) is 33.4 Å². The number of thiophene rings is 1. The van der Waals surface area contributed by atoms with Gasteiger partial charge in [-0.2, -0.15) is 0 Å². The zero-order valence-corrected chi connectivity index (χ0v) is 29.4. The molecule has 0 aliphatic carbocycles. The lowest BCUT2D eigenvalue weighted by Gasteiger charge is -2.13. The van der Waals surface area contributed by atoms with Crippen molar-refractivity contribution in [2.75, 3.05) is 0 Å². The molecule has 12 aromatic rings. The minimum Gasteiger partial charge on any atom is -0.309 e. The van der Waals surface area contributed by atoms with Crippen molar-refractivity contribution >= 4 is 96.7 Å². The Kier molecular flexibility index (Phi) is 5.96. The van der Waals surface area contributed by atoms with E-state index < -0.39 is 0 Å². The van der Waals surface area contributed by atoms with E-state index in [1.54, 1.807) is 0 Å². The molecule has 0 atom stereocenters. The first-order valence-electron chi connectivity index (χ1n) is 18.2. The van der Waals surface area contributed by atoms with E-state index in [1.807, 2.05) is 11.3 Å². The van der Waals surface area contributed by atoms with Crippen LogP contribution in [0.1, 0.15) is 0 Å². The molecule has 0 bridgehead atoms. The molecule has 0 radical (unpaired) electrons.